The summed E-state index contributed by atoms with van der Waals surface area (Å²) in [5.74, 6) is 1.22. The lowest BCUT2D eigenvalue weighted by molar-refractivity contribution is 0.653. The first-order chi connectivity index (χ1) is 8.27. The van der Waals surface area contributed by atoms with Gasteiger partial charge in [-0.3, -0.25) is 4.57 Å². The van der Waals surface area contributed by atoms with Crippen molar-refractivity contribution in [3.05, 3.63) is 28.5 Å². The molecule has 3 rings (SSSR count). The number of aromatic nitrogens is 4. The number of nitrogens with two attached hydrogens (primary N) is 1. The largest absolute Gasteiger partial charge is 0.383 e. The number of imidazole rings is 1. The molecule has 88 valence electrons. The Bertz CT molecular complexity index is 563. The summed E-state index contributed by atoms with van der Waals surface area (Å²) in [5.41, 5.74) is 8.20. The van der Waals surface area contributed by atoms with Crippen LogP contribution in [0.2, 0.25) is 0 Å². The number of halogens is 1. The summed E-state index contributed by atoms with van der Waals surface area (Å²) in [6.45, 7) is 0. The summed E-state index contributed by atoms with van der Waals surface area (Å²) in [7, 11) is 0. The van der Waals surface area contributed by atoms with Crippen molar-refractivity contribution in [2.45, 2.75) is 25.7 Å². The van der Waals surface area contributed by atoms with Gasteiger partial charge in [0.15, 0.2) is 5.82 Å². The molecule has 1 aliphatic rings. The first-order valence-electron chi connectivity index (χ1n) is 5.59. The average molecular weight is 294 g/mol. The summed E-state index contributed by atoms with van der Waals surface area (Å²) >= 11 is 3.43. The molecular weight excluding hydrogens is 282 g/mol. The van der Waals surface area contributed by atoms with Gasteiger partial charge in [0.25, 0.3) is 0 Å². The molecule has 0 bridgehead atoms. The number of fused-ring (bicyclic) bond motifs is 1. The zero-order valence-corrected chi connectivity index (χ0v) is 10.8. The minimum atomic E-state index is 0.452. The van der Waals surface area contributed by atoms with Crippen molar-refractivity contribution < 1.29 is 0 Å². The van der Waals surface area contributed by atoms with Crippen molar-refractivity contribution in [2.24, 2.45) is 0 Å². The summed E-state index contributed by atoms with van der Waals surface area (Å²) in [4.78, 5) is 12.7. The highest BCUT2D eigenvalue weighted by Crippen LogP contribution is 2.27. The van der Waals surface area contributed by atoms with E-state index in [1.807, 2.05) is 10.9 Å². The molecule has 0 radical (unpaired) electrons. The van der Waals surface area contributed by atoms with E-state index in [1.165, 1.54) is 30.6 Å². The molecule has 0 aliphatic heterocycles. The molecule has 2 aromatic heterocycles. The van der Waals surface area contributed by atoms with Crippen molar-refractivity contribution in [1.29, 1.82) is 0 Å². The molecule has 0 saturated carbocycles. The van der Waals surface area contributed by atoms with Gasteiger partial charge in [0.1, 0.15) is 22.9 Å². The van der Waals surface area contributed by atoms with Crippen LogP contribution in [0.25, 0.3) is 5.82 Å². The Balaban J connectivity index is 2.15. The smallest absolute Gasteiger partial charge is 0.158 e. The van der Waals surface area contributed by atoms with Crippen LogP contribution in [0.1, 0.15) is 24.2 Å². The number of rotatable bonds is 1. The van der Waals surface area contributed by atoms with Gasteiger partial charge in [0, 0.05) is 5.69 Å². The van der Waals surface area contributed by atoms with E-state index >= 15 is 0 Å². The Hall–Kier alpha value is -1.43. The molecule has 5 nitrogen and oxygen atoms in total. The van der Waals surface area contributed by atoms with Gasteiger partial charge in [0.05, 0.1) is 5.69 Å². The molecule has 0 aromatic carbocycles. The SMILES string of the molecule is Nc1ncnc(-n2cnc3c2CCCC3)c1Br. The normalized spacial score (nSPS) is 14.6. The van der Waals surface area contributed by atoms with E-state index in [-0.39, 0.29) is 0 Å². The van der Waals surface area contributed by atoms with Crippen LogP contribution in [0.4, 0.5) is 5.82 Å². The van der Waals surface area contributed by atoms with E-state index < -0.39 is 0 Å². The fourth-order valence-corrected chi connectivity index (χ4v) is 2.59. The van der Waals surface area contributed by atoms with Gasteiger partial charge in [-0.05, 0) is 41.6 Å². The van der Waals surface area contributed by atoms with Gasteiger partial charge >= 0.3 is 0 Å². The van der Waals surface area contributed by atoms with E-state index in [0.717, 1.165) is 23.1 Å². The molecule has 2 aromatic rings. The van der Waals surface area contributed by atoms with Crippen molar-refractivity contribution in [3.8, 4) is 5.82 Å². The zero-order valence-electron chi connectivity index (χ0n) is 9.23. The van der Waals surface area contributed by atoms with E-state index in [1.54, 1.807) is 0 Å². The Morgan fingerprint density at radius 2 is 2.00 bits per heavy atom. The number of nitrogen functional groups attached to an aromatic ring is 1. The third-order valence-corrected chi connectivity index (χ3v) is 3.82. The molecule has 2 N–H and O–H groups in total. The Labute approximate surface area is 107 Å². The predicted molar refractivity (Wildman–Crippen MR) is 67.9 cm³/mol. The minimum absolute atomic E-state index is 0.452. The standard InChI is InChI=1S/C11H12BrN5/c12-9-10(13)14-5-15-11(9)17-6-16-7-3-1-2-4-8(7)17/h5-6H,1-4H2,(H2,13,14,15). The summed E-state index contributed by atoms with van der Waals surface area (Å²) in [6, 6.07) is 0. The van der Waals surface area contributed by atoms with Crippen molar-refractivity contribution in [1.82, 2.24) is 19.5 Å². The Kier molecular flexibility index (Phi) is 2.58. The molecule has 0 spiro atoms. The zero-order chi connectivity index (χ0) is 11.8. The third kappa shape index (κ3) is 1.72. The maximum Gasteiger partial charge on any atom is 0.158 e. The number of hydrogen-bond donors (Lipinski definition) is 1. The molecule has 0 amide bonds. The van der Waals surface area contributed by atoms with E-state index in [4.69, 9.17) is 5.73 Å². The van der Waals surface area contributed by atoms with Gasteiger partial charge in [-0.15, -0.1) is 0 Å². The van der Waals surface area contributed by atoms with E-state index in [9.17, 15) is 0 Å². The highest BCUT2D eigenvalue weighted by molar-refractivity contribution is 9.10. The Morgan fingerprint density at radius 3 is 2.88 bits per heavy atom. The lowest BCUT2D eigenvalue weighted by atomic mass is 10.0. The first-order valence-corrected chi connectivity index (χ1v) is 6.38. The molecule has 0 saturated heterocycles. The maximum absolute atomic E-state index is 5.77. The number of anilines is 1. The van der Waals surface area contributed by atoms with Crippen LogP contribution < -0.4 is 5.73 Å². The number of hydrogen-bond acceptors (Lipinski definition) is 4. The van der Waals surface area contributed by atoms with Crippen LogP contribution in [0.3, 0.4) is 0 Å². The average Bonchev–Trinajstić information content (AvgIpc) is 2.77. The van der Waals surface area contributed by atoms with Crippen LogP contribution in [-0.2, 0) is 12.8 Å². The van der Waals surface area contributed by atoms with Crippen molar-refractivity contribution in [2.75, 3.05) is 5.73 Å². The van der Waals surface area contributed by atoms with Crippen LogP contribution in [0, 0.1) is 0 Å². The first kappa shape index (κ1) is 10.7. The van der Waals surface area contributed by atoms with Crippen molar-refractivity contribution in [3.63, 3.8) is 0 Å². The number of nitrogens with zero attached hydrogens (tertiary/aromatic N) is 4. The quantitative estimate of drug-likeness (QED) is 0.872. The summed E-state index contributed by atoms with van der Waals surface area (Å²) in [5, 5.41) is 0. The topological polar surface area (TPSA) is 69.6 Å². The van der Waals surface area contributed by atoms with Crippen LogP contribution in [0.15, 0.2) is 17.1 Å². The lowest BCUT2D eigenvalue weighted by Crippen LogP contribution is -2.09. The third-order valence-electron chi connectivity index (χ3n) is 3.06. The molecule has 6 heteroatoms. The maximum atomic E-state index is 5.77. The van der Waals surface area contributed by atoms with Gasteiger partial charge in [-0.2, -0.15) is 0 Å². The van der Waals surface area contributed by atoms with Crippen molar-refractivity contribution >= 4 is 21.7 Å². The fourth-order valence-electron chi connectivity index (χ4n) is 2.19. The molecule has 1 aliphatic carbocycles. The molecular formula is C11H12BrN5. The lowest BCUT2D eigenvalue weighted by Gasteiger charge is -2.14. The van der Waals surface area contributed by atoms with Gasteiger partial charge < -0.3 is 5.73 Å². The van der Waals surface area contributed by atoms with Gasteiger partial charge in [-0.25, -0.2) is 15.0 Å². The minimum Gasteiger partial charge on any atom is -0.383 e. The molecule has 0 atom stereocenters. The van der Waals surface area contributed by atoms with Crippen LogP contribution >= 0.6 is 15.9 Å². The summed E-state index contributed by atoms with van der Waals surface area (Å²) < 4.78 is 2.74. The highest BCUT2D eigenvalue weighted by Gasteiger charge is 2.18. The molecule has 0 unspecified atom stereocenters. The van der Waals surface area contributed by atoms with Gasteiger partial charge in [0.2, 0.25) is 0 Å². The fraction of sp³-hybridized carbons (Fsp3) is 0.364. The Morgan fingerprint density at radius 1 is 1.18 bits per heavy atom. The van der Waals surface area contributed by atoms with Crippen LogP contribution in [-0.4, -0.2) is 19.5 Å². The predicted octanol–water partition coefficient (Wildman–Crippen LogP) is 1.89. The second-order valence-corrected chi connectivity index (χ2v) is 4.90. The van der Waals surface area contributed by atoms with Crippen LogP contribution in [0.5, 0.6) is 0 Å². The molecule has 17 heavy (non-hydrogen) atoms. The summed E-state index contributed by atoms with van der Waals surface area (Å²) in [6.07, 6.45) is 7.83. The highest BCUT2D eigenvalue weighted by atomic mass is 79.9. The number of aryl methyl sites for hydroxylation is 1. The second kappa shape index (κ2) is 4.10. The second-order valence-electron chi connectivity index (χ2n) is 4.11. The molecule has 2 heterocycles. The monoisotopic (exact) mass is 293 g/mol. The van der Waals surface area contributed by atoms with Gasteiger partial charge in [-0.1, -0.05) is 0 Å². The molecule has 0 fully saturated rings. The van der Waals surface area contributed by atoms with E-state index in [0.29, 0.717) is 5.82 Å². The van der Waals surface area contributed by atoms with E-state index in [2.05, 4.69) is 30.9 Å².